The number of pyridine rings is 1. The lowest BCUT2D eigenvalue weighted by atomic mass is 9.91. The second kappa shape index (κ2) is 8.31. The summed E-state index contributed by atoms with van der Waals surface area (Å²) in [6.07, 6.45) is 2.28. The Bertz CT molecular complexity index is 1220. The number of hydrogen-bond acceptors (Lipinski definition) is 7. The van der Waals surface area contributed by atoms with E-state index in [1.807, 2.05) is 0 Å². The van der Waals surface area contributed by atoms with Gasteiger partial charge in [-0.05, 0) is 66.2 Å². The molecule has 1 aromatic heterocycles. The number of carbonyl (C=O) groups is 3. The number of aromatic nitrogens is 1. The fraction of sp³-hybridized carbons (Fsp3) is 0.167. The van der Waals surface area contributed by atoms with Crippen LogP contribution in [-0.2, 0) is 19.2 Å². The maximum absolute atomic E-state index is 13.6. The fourth-order valence-electron chi connectivity index (χ4n) is 4.21. The molecule has 166 valence electrons. The normalized spacial score (nSPS) is 21.9. The highest BCUT2D eigenvalue weighted by atomic mass is 35.5. The molecule has 9 heteroatoms. The third-order valence-corrected chi connectivity index (χ3v) is 5.85. The number of nitrogens with zero attached hydrogens (tertiary/aromatic N) is 3. The van der Waals surface area contributed by atoms with E-state index in [0.717, 1.165) is 10.5 Å². The SMILES string of the molecule is CC(=O)Oc1ccc(N2C(=O)[C@H]3[C@H](ON(c4ccc(Cl)cc4)[C@H]3c3ccncc3)C2=O)cc1. The molecule has 2 aliphatic rings. The molecular weight excluding hydrogens is 446 g/mol. The average Bonchev–Trinajstić information content (AvgIpc) is 3.31. The largest absolute Gasteiger partial charge is 0.427 e. The quantitative estimate of drug-likeness (QED) is 0.331. The second-order valence-corrected chi connectivity index (χ2v) is 8.12. The predicted molar refractivity (Wildman–Crippen MR) is 120 cm³/mol. The van der Waals surface area contributed by atoms with E-state index in [1.165, 1.54) is 19.1 Å². The molecule has 33 heavy (non-hydrogen) atoms. The van der Waals surface area contributed by atoms with Gasteiger partial charge in [0.15, 0.2) is 6.10 Å². The average molecular weight is 464 g/mol. The number of hydrogen-bond donors (Lipinski definition) is 0. The maximum Gasteiger partial charge on any atom is 0.308 e. The van der Waals surface area contributed by atoms with Gasteiger partial charge in [-0.2, -0.15) is 0 Å². The maximum atomic E-state index is 13.6. The lowest BCUT2D eigenvalue weighted by Gasteiger charge is -2.28. The monoisotopic (exact) mass is 463 g/mol. The molecule has 3 aromatic rings. The van der Waals surface area contributed by atoms with Crippen LogP contribution in [0.4, 0.5) is 11.4 Å². The molecule has 2 saturated heterocycles. The topological polar surface area (TPSA) is 89.0 Å². The Labute approximate surface area is 194 Å². The minimum atomic E-state index is -0.987. The van der Waals surface area contributed by atoms with E-state index >= 15 is 0 Å². The second-order valence-electron chi connectivity index (χ2n) is 7.68. The standard InChI is InChI=1S/C24H18ClN3O5/c1-14(29)32-19-8-6-17(7-9-19)27-23(30)20-21(15-10-12-26-13-11-15)28(33-22(20)24(27)31)18-4-2-16(25)3-5-18/h2-13,20-22H,1H3/t20-,21+,22+/m1/s1. The van der Waals surface area contributed by atoms with Crippen LogP contribution in [0.3, 0.4) is 0 Å². The van der Waals surface area contributed by atoms with Crippen molar-refractivity contribution < 1.29 is 24.0 Å². The molecule has 0 aliphatic carbocycles. The summed E-state index contributed by atoms with van der Waals surface area (Å²) in [5.74, 6) is -1.72. The summed E-state index contributed by atoms with van der Waals surface area (Å²) < 4.78 is 5.03. The Morgan fingerprint density at radius 2 is 1.58 bits per heavy atom. The van der Waals surface area contributed by atoms with Crippen LogP contribution >= 0.6 is 11.6 Å². The van der Waals surface area contributed by atoms with E-state index in [-0.39, 0.29) is 5.91 Å². The number of halogens is 1. The number of carbonyl (C=O) groups excluding carboxylic acids is 3. The first-order valence-corrected chi connectivity index (χ1v) is 10.6. The van der Waals surface area contributed by atoms with Crippen LogP contribution in [0, 0.1) is 5.92 Å². The Kier molecular flexibility index (Phi) is 5.32. The number of anilines is 2. The summed E-state index contributed by atoms with van der Waals surface area (Å²) in [6, 6.07) is 16.2. The van der Waals surface area contributed by atoms with Crippen molar-refractivity contribution in [1.82, 2.24) is 4.98 Å². The van der Waals surface area contributed by atoms with Crippen molar-refractivity contribution in [2.45, 2.75) is 19.1 Å². The molecule has 0 spiro atoms. The fourth-order valence-corrected chi connectivity index (χ4v) is 4.34. The summed E-state index contributed by atoms with van der Waals surface area (Å²) in [5, 5.41) is 2.16. The Morgan fingerprint density at radius 3 is 2.21 bits per heavy atom. The molecule has 2 aliphatic heterocycles. The van der Waals surface area contributed by atoms with E-state index in [4.69, 9.17) is 21.2 Å². The zero-order valence-corrected chi connectivity index (χ0v) is 18.2. The minimum absolute atomic E-state index is 0.324. The summed E-state index contributed by atoms with van der Waals surface area (Å²) in [4.78, 5) is 49.3. The number of esters is 1. The summed E-state index contributed by atoms with van der Waals surface area (Å²) >= 11 is 6.03. The van der Waals surface area contributed by atoms with Gasteiger partial charge in [-0.3, -0.25) is 24.2 Å². The van der Waals surface area contributed by atoms with E-state index in [9.17, 15) is 14.4 Å². The van der Waals surface area contributed by atoms with Gasteiger partial charge in [0, 0.05) is 24.3 Å². The highest BCUT2D eigenvalue weighted by Crippen LogP contribution is 2.47. The number of fused-ring (bicyclic) bond motifs is 1. The zero-order valence-electron chi connectivity index (χ0n) is 17.4. The molecule has 0 unspecified atom stereocenters. The first-order valence-electron chi connectivity index (χ1n) is 10.2. The van der Waals surface area contributed by atoms with Crippen molar-refractivity contribution in [3.63, 3.8) is 0 Å². The van der Waals surface area contributed by atoms with Gasteiger partial charge >= 0.3 is 5.97 Å². The number of imide groups is 1. The smallest absolute Gasteiger partial charge is 0.308 e. The first kappa shape index (κ1) is 21.1. The van der Waals surface area contributed by atoms with Crippen molar-refractivity contribution >= 4 is 40.8 Å². The molecular formula is C24H18ClN3O5. The Hall–Kier alpha value is -3.75. The molecule has 8 nitrogen and oxygen atoms in total. The van der Waals surface area contributed by atoms with Gasteiger partial charge in [0.05, 0.1) is 17.4 Å². The van der Waals surface area contributed by atoms with Crippen molar-refractivity contribution in [2.24, 2.45) is 5.92 Å². The molecule has 2 aromatic carbocycles. The number of amides is 2. The Balaban J connectivity index is 1.51. The molecule has 5 rings (SSSR count). The van der Waals surface area contributed by atoms with Crippen molar-refractivity contribution in [3.8, 4) is 5.75 Å². The zero-order chi connectivity index (χ0) is 23.1. The van der Waals surface area contributed by atoms with Gasteiger partial charge in [-0.25, -0.2) is 9.96 Å². The molecule has 0 N–H and O–H groups in total. The van der Waals surface area contributed by atoms with Crippen molar-refractivity contribution in [2.75, 3.05) is 9.96 Å². The van der Waals surface area contributed by atoms with Crippen LogP contribution in [0.15, 0.2) is 73.1 Å². The van der Waals surface area contributed by atoms with E-state index in [1.54, 1.807) is 66.0 Å². The van der Waals surface area contributed by atoms with Gasteiger partial charge in [-0.15, -0.1) is 0 Å². The lowest BCUT2D eigenvalue weighted by Crippen LogP contribution is -2.37. The van der Waals surface area contributed by atoms with Gasteiger partial charge < -0.3 is 4.74 Å². The van der Waals surface area contributed by atoms with Gasteiger partial charge in [0.1, 0.15) is 11.7 Å². The van der Waals surface area contributed by atoms with Crippen LogP contribution < -0.4 is 14.7 Å². The van der Waals surface area contributed by atoms with E-state index in [2.05, 4.69) is 4.98 Å². The summed E-state index contributed by atoms with van der Waals surface area (Å²) in [7, 11) is 0. The third-order valence-electron chi connectivity index (χ3n) is 5.60. The molecule has 0 bridgehead atoms. The molecule has 0 radical (unpaired) electrons. The van der Waals surface area contributed by atoms with Crippen LogP contribution in [0.2, 0.25) is 5.02 Å². The lowest BCUT2D eigenvalue weighted by molar-refractivity contribution is -0.132. The first-order chi connectivity index (χ1) is 15.9. The van der Waals surface area contributed by atoms with Gasteiger partial charge in [-0.1, -0.05) is 11.6 Å². The number of benzene rings is 2. The molecule has 3 heterocycles. The van der Waals surface area contributed by atoms with Gasteiger partial charge in [0.2, 0.25) is 5.91 Å². The number of hydroxylamine groups is 1. The van der Waals surface area contributed by atoms with Crippen LogP contribution in [0.25, 0.3) is 0 Å². The summed E-state index contributed by atoms with van der Waals surface area (Å²) in [6.45, 7) is 1.30. The number of rotatable bonds is 4. The van der Waals surface area contributed by atoms with Crippen molar-refractivity contribution in [3.05, 3.63) is 83.6 Å². The molecule has 2 amide bonds. The van der Waals surface area contributed by atoms with Crippen LogP contribution in [0.5, 0.6) is 5.75 Å². The molecule has 3 atom stereocenters. The highest BCUT2D eigenvalue weighted by molar-refractivity contribution is 6.30. The van der Waals surface area contributed by atoms with Crippen LogP contribution in [0.1, 0.15) is 18.5 Å². The predicted octanol–water partition coefficient (Wildman–Crippen LogP) is 3.71. The molecule has 2 fully saturated rings. The van der Waals surface area contributed by atoms with Crippen LogP contribution in [-0.4, -0.2) is 28.9 Å². The Morgan fingerprint density at radius 1 is 0.939 bits per heavy atom. The van der Waals surface area contributed by atoms with E-state index < -0.39 is 29.9 Å². The minimum Gasteiger partial charge on any atom is -0.427 e. The summed E-state index contributed by atoms with van der Waals surface area (Å²) in [5.41, 5.74) is 1.85. The highest BCUT2D eigenvalue weighted by Gasteiger charge is 2.60. The molecule has 0 saturated carbocycles. The van der Waals surface area contributed by atoms with E-state index in [0.29, 0.717) is 22.1 Å². The number of ether oxygens (including phenoxy) is 1. The van der Waals surface area contributed by atoms with Crippen molar-refractivity contribution in [1.29, 1.82) is 0 Å². The third kappa shape index (κ3) is 3.73. The van der Waals surface area contributed by atoms with Gasteiger partial charge in [0.25, 0.3) is 5.91 Å².